The van der Waals surface area contributed by atoms with Crippen LogP contribution in [0.15, 0.2) is 0 Å². The Morgan fingerprint density at radius 1 is 1.06 bits per heavy atom. The van der Waals surface area contributed by atoms with Gasteiger partial charge in [-0.1, -0.05) is 0 Å². The average Bonchev–Trinajstić information content (AvgIpc) is 3.20. The monoisotopic (exact) mass is 468 g/mol. The number of rotatable bonds is 8. The summed E-state index contributed by atoms with van der Waals surface area (Å²) in [5, 5.41) is 14.5. The van der Waals surface area contributed by atoms with E-state index in [0.29, 0.717) is 45.2 Å². The molecule has 186 valence electrons. The standard InChI is InChI=1S/C22H36N4O7/c1-22(2,3)33-21(32)26-10-4-5-16(26)19(29)24-12-13-6-8-14(9-7-13)18(28)25-15(20(30)31)11-17(23)27/h13-16H,4-12H2,1-3H3,(H2,23,27)(H,24,29)(H,25,28)(H,30,31)/t13?,14?,15-,16-/m0/s1. The molecule has 4 amide bonds. The molecule has 0 unspecified atom stereocenters. The summed E-state index contributed by atoms with van der Waals surface area (Å²) in [4.78, 5) is 61.2. The molecule has 1 saturated heterocycles. The van der Waals surface area contributed by atoms with Crippen molar-refractivity contribution in [2.24, 2.45) is 17.6 Å². The van der Waals surface area contributed by atoms with Crippen molar-refractivity contribution in [3.05, 3.63) is 0 Å². The van der Waals surface area contributed by atoms with Gasteiger partial charge in [0.15, 0.2) is 0 Å². The van der Waals surface area contributed by atoms with Crippen molar-refractivity contribution >= 4 is 29.8 Å². The number of carboxylic acid groups (broad SMARTS) is 1. The topological polar surface area (TPSA) is 168 Å². The molecule has 0 aromatic carbocycles. The highest BCUT2D eigenvalue weighted by Crippen LogP contribution is 2.29. The zero-order valence-electron chi connectivity index (χ0n) is 19.6. The molecule has 11 heteroatoms. The van der Waals surface area contributed by atoms with E-state index in [1.165, 1.54) is 4.90 Å². The minimum atomic E-state index is -1.33. The Morgan fingerprint density at radius 3 is 2.24 bits per heavy atom. The van der Waals surface area contributed by atoms with Gasteiger partial charge in [-0.3, -0.25) is 19.3 Å². The van der Waals surface area contributed by atoms with Crippen LogP contribution in [0.3, 0.4) is 0 Å². The number of ether oxygens (including phenoxy) is 1. The molecule has 1 aliphatic heterocycles. The lowest BCUT2D eigenvalue weighted by atomic mass is 9.81. The molecule has 2 atom stereocenters. The largest absolute Gasteiger partial charge is 0.480 e. The summed E-state index contributed by atoms with van der Waals surface area (Å²) >= 11 is 0. The van der Waals surface area contributed by atoms with Gasteiger partial charge in [-0.15, -0.1) is 0 Å². The molecule has 0 spiro atoms. The molecule has 2 rings (SSSR count). The van der Waals surface area contributed by atoms with E-state index in [1.807, 2.05) is 0 Å². The van der Waals surface area contributed by atoms with E-state index in [-0.39, 0.29) is 17.7 Å². The van der Waals surface area contributed by atoms with Crippen LogP contribution in [0.2, 0.25) is 0 Å². The van der Waals surface area contributed by atoms with Crippen LogP contribution in [0.1, 0.15) is 65.7 Å². The van der Waals surface area contributed by atoms with Gasteiger partial charge in [-0.2, -0.15) is 0 Å². The minimum Gasteiger partial charge on any atom is -0.480 e. The Labute approximate surface area is 193 Å². The maximum atomic E-state index is 12.7. The molecule has 1 saturated carbocycles. The maximum Gasteiger partial charge on any atom is 0.410 e. The number of hydrogen-bond donors (Lipinski definition) is 4. The summed E-state index contributed by atoms with van der Waals surface area (Å²) in [6, 6.07) is -1.87. The predicted octanol–water partition coefficient (Wildman–Crippen LogP) is 0.753. The van der Waals surface area contributed by atoms with Gasteiger partial charge in [-0.05, 0) is 65.2 Å². The van der Waals surface area contributed by atoms with Gasteiger partial charge in [0, 0.05) is 19.0 Å². The molecule has 0 aromatic heterocycles. The van der Waals surface area contributed by atoms with E-state index in [0.717, 1.165) is 6.42 Å². The third-order valence-electron chi connectivity index (χ3n) is 5.99. The van der Waals surface area contributed by atoms with Gasteiger partial charge in [0.25, 0.3) is 0 Å². The number of carboxylic acids is 1. The summed E-state index contributed by atoms with van der Waals surface area (Å²) in [7, 11) is 0. The molecule has 2 aliphatic rings. The molecule has 1 heterocycles. The van der Waals surface area contributed by atoms with E-state index in [1.54, 1.807) is 20.8 Å². The normalized spacial score (nSPS) is 24.0. The first-order valence-corrected chi connectivity index (χ1v) is 11.5. The highest BCUT2D eigenvalue weighted by atomic mass is 16.6. The Morgan fingerprint density at radius 2 is 1.70 bits per heavy atom. The van der Waals surface area contributed by atoms with Crippen molar-refractivity contribution in [2.75, 3.05) is 13.1 Å². The van der Waals surface area contributed by atoms with E-state index < -0.39 is 48.0 Å². The fourth-order valence-electron chi connectivity index (χ4n) is 4.26. The smallest absolute Gasteiger partial charge is 0.410 e. The van der Waals surface area contributed by atoms with Gasteiger partial charge >= 0.3 is 12.1 Å². The van der Waals surface area contributed by atoms with E-state index in [9.17, 15) is 24.0 Å². The first-order valence-electron chi connectivity index (χ1n) is 11.5. The highest BCUT2D eigenvalue weighted by molar-refractivity contribution is 5.89. The number of nitrogens with zero attached hydrogens (tertiary/aromatic N) is 1. The molecule has 2 fully saturated rings. The third-order valence-corrected chi connectivity index (χ3v) is 5.99. The van der Waals surface area contributed by atoms with Crippen LogP contribution < -0.4 is 16.4 Å². The zero-order valence-corrected chi connectivity index (χ0v) is 19.6. The molecule has 5 N–H and O–H groups in total. The lowest BCUT2D eigenvalue weighted by molar-refractivity contribution is -0.144. The first kappa shape index (κ1) is 26.4. The lowest BCUT2D eigenvalue weighted by Gasteiger charge is -2.30. The quantitative estimate of drug-likeness (QED) is 0.407. The zero-order chi connectivity index (χ0) is 24.8. The Bertz CT molecular complexity index is 756. The number of nitrogens with two attached hydrogens (primary N) is 1. The molecule has 0 bridgehead atoms. The first-order chi connectivity index (χ1) is 15.4. The van der Waals surface area contributed by atoms with Gasteiger partial charge in [0.2, 0.25) is 17.7 Å². The number of nitrogens with one attached hydrogen (secondary N) is 2. The van der Waals surface area contributed by atoms with Gasteiger partial charge in [0.05, 0.1) is 6.42 Å². The van der Waals surface area contributed by atoms with Crippen LogP contribution in [0, 0.1) is 11.8 Å². The molecular weight excluding hydrogens is 432 g/mol. The van der Waals surface area contributed by atoms with Crippen molar-refractivity contribution in [3.8, 4) is 0 Å². The van der Waals surface area contributed by atoms with Crippen LogP contribution in [-0.2, 0) is 23.9 Å². The lowest BCUT2D eigenvalue weighted by Crippen LogP contribution is -2.48. The number of amides is 4. The SMILES string of the molecule is CC(C)(C)OC(=O)N1CCC[C@H]1C(=O)NCC1CCC(C(=O)N[C@@H](CC(N)=O)C(=O)O)CC1. The molecular formula is C22H36N4O7. The number of carbonyl (C=O) groups is 5. The van der Waals surface area contributed by atoms with Crippen molar-refractivity contribution < 1.29 is 33.8 Å². The Hall–Kier alpha value is -2.85. The van der Waals surface area contributed by atoms with E-state index in [4.69, 9.17) is 15.6 Å². The summed E-state index contributed by atoms with van der Waals surface area (Å²) in [6.45, 7) is 6.29. The summed E-state index contributed by atoms with van der Waals surface area (Å²) in [5.41, 5.74) is 4.41. The van der Waals surface area contributed by atoms with Crippen molar-refractivity contribution in [3.63, 3.8) is 0 Å². The van der Waals surface area contributed by atoms with Crippen LogP contribution in [0.4, 0.5) is 4.79 Å². The minimum absolute atomic E-state index is 0.190. The number of likely N-dealkylation sites (tertiary alicyclic amines) is 1. The van der Waals surface area contributed by atoms with Crippen molar-refractivity contribution in [2.45, 2.75) is 83.4 Å². The Kier molecular flexibility index (Phi) is 9.07. The van der Waals surface area contributed by atoms with Crippen LogP contribution in [0.5, 0.6) is 0 Å². The number of primary amides is 1. The second-order valence-electron chi connectivity index (χ2n) is 9.86. The molecule has 0 radical (unpaired) electrons. The average molecular weight is 469 g/mol. The van der Waals surface area contributed by atoms with Crippen molar-refractivity contribution in [1.29, 1.82) is 0 Å². The molecule has 11 nitrogen and oxygen atoms in total. The van der Waals surface area contributed by atoms with E-state index >= 15 is 0 Å². The second-order valence-corrected chi connectivity index (χ2v) is 9.86. The van der Waals surface area contributed by atoms with Crippen LogP contribution in [0.25, 0.3) is 0 Å². The number of aliphatic carboxylic acids is 1. The summed E-state index contributed by atoms with van der Waals surface area (Å²) in [6.07, 6.45) is 2.91. The fourth-order valence-corrected chi connectivity index (χ4v) is 4.26. The van der Waals surface area contributed by atoms with Gasteiger partial charge < -0.3 is 26.2 Å². The fraction of sp³-hybridized carbons (Fsp3) is 0.773. The molecule has 0 aromatic rings. The third kappa shape index (κ3) is 8.21. The summed E-state index contributed by atoms with van der Waals surface area (Å²) < 4.78 is 5.40. The number of hydrogen-bond acceptors (Lipinski definition) is 6. The highest BCUT2D eigenvalue weighted by Gasteiger charge is 2.37. The maximum absolute atomic E-state index is 12.7. The molecule has 1 aliphatic carbocycles. The van der Waals surface area contributed by atoms with Crippen LogP contribution >= 0.6 is 0 Å². The van der Waals surface area contributed by atoms with Crippen molar-refractivity contribution in [1.82, 2.24) is 15.5 Å². The van der Waals surface area contributed by atoms with E-state index in [2.05, 4.69) is 10.6 Å². The Balaban J connectivity index is 1.78. The predicted molar refractivity (Wildman–Crippen MR) is 118 cm³/mol. The van der Waals surface area contributed by atoms with Gasteiger partial charge in [0.1, 0.15) is 17.7 Å². The number of carbonyl (C=O) groups excluding carboxylic acids is 4. The molecule has 33 heavy (non-hydrogen) atoms. The second kappa shape index (κ2) is 11.3. The summed E-state index contributed by atoms with van der Waals surface area (Å²) in [5.74, 6) is -2.85. The van der Waals surface area contributed by atoms with Crippen LogP contribution in [-0.4, -0.2) is 70.6 Å². The van der Waals surface area contributed by atoms with Gasteiger partial charge in [-0.25, -0.2) is 9.59 Å².